The van der Waals surface area contributed by atoms with Gasteiger partial charge in [-0.3, -0.25) is 10.2 Å². The van der Waals surface area contributed by atoms with E-state index in [1.165, 1.54) is 0 Å². The van der Waals surface area contributed by atoms with Gasteiger partial charge >= 0.3 is 0 Å². The van der Waals surface area contributed by atoms with Gasteiger partial charge in [0.15, 0.2) is 0 Å². The predicted octanol–water partition coefficient (Wildman–Crippen LogP) is 1.38. The van der Waals surface area contributed by atoms with Crippen molar-refractivity contribution in [2.75, 3.05) is 33.2 Å². The molecular formula is C14H26N4O. The quantitative estimate of drug-likeness (QED) is 0.789. The van der Waals surface area contributed by atoms with Crippen LogP contribution in [0.1, 0.15) is 39.5 Å². The van der Waals surface area contributed by atoms with Crippen LogP contribution in [0.25, 0.3) is 0 Å². The zero-order chi connectivity index (χ0) is 14.3. The second kappa shape index (κ2) is 7.46. The van der Waals surface area contributed by atoms with Crippen molar-refractivity contribution < 1.29 is 4.79 Å². The molecule has 1 fully saturated rings. The third-order valence-corrected chi connectivity index (χ3v) is 3.77. The second-order valence-electron chi connectivity index (χ2n) is 5.43. The maximum Gasteiger partial charge on any atom is 0.254 e. The Bertz CT molecular complexity index is 323. The Morgan fingerprint density at radius 3 is 2.16 bits per heavy atom. The molecule has 0 spiro atoms. The summed E-state index contributed by atoms with van der Waals surface area (Å²) in [6, 6.07) is 2.27. The molecule has 0 aromatic carbocycles. The van der Waals surface area contributed by atoms with Crippen molar-refractivity contribution in [2.45, 2.75) is 39.5 Å². The molecule has 0 aromatic rings. The highest BCUT2D eigenvalue weighted by Crippen LogP contribution is 2.29. The van der Waals surface area contributed by atoms with Crippen molar-refractivity contribution in [3.63, 3.8) is 0 Å². The maximum atomic E-state index is 12.4. The Labute approximate surface area is 116 Å². The van der Waals surface area contributed by atoms with Gasteiger partial charge in [0.05, 0.1) is 6.07 Å². The first-order valence-electron chi connectivity index (χ1n) is 7.23. The van der Waals surface area contributed by atoms with E-state index in [9.17, 15) is 10.1 Å². The van der Waals surface area contributed by atoms with Crippen molar-refractivity contribution in [3.8, 4) is 6.07 Å². The Morgan fingerprint density at radius 2 is 1.74 bits per heavy atom. The van der Waals surface area contributed by atoms with Gasteiger partial charge in [-0.1, -0.05) is 26.7 Å². The lowest BCUT2D eigenvalue weighted by molar-refractivity contribution is -0.134. The van der Waals surface area contributed by atoms with Crippen LogP contribution in [0.3, 0.4) is 0 Å². The van der Waals surface area contributed by atoms with E-state index in [0.29, 0.717) is 12.8 Å². The van der Waals surface area contributed by atoms with E-state index in [4.69, 9.17) is 0 Å². The van der Waals surface area contributed by atoms with Crippen molar-refractivity contribution in [3.05, 3.63) is 0 Å². The first-order valence-corrected chi connectivity index (χ1v) is 7.23. The van der Waals surface area contributed by atoms with Gasteiger partial charge in [0.25, 0.3) is 5.91 Å². The predicted molar refractivity (Wildman–Crippen MR) is 75.1 cm³/mol. The van der Waals surface area contributed by atoms with Crippen molar-refractivity contribution in [2.24, 2.45) is 5.41 Å². The van der Waals surface area contributed by atoms with Crippen LogP contribution in [-0.2, 0) is 4.79 Å². The van der Waals surface area contributed by atoms with Gasteiger partial charge in [0.2, 0.25) is 0 Å². The first kappa shape index (κ1) is 15.9. The molecule has 0 unspecified atom stereocenters. The Balaban J connectivity index is 2.64. The fourth-order valence-corrected chi connectivity index (χ4v) is 2.54. The number of piperazine rings is 1. The molecule has 108 valence electrons. The summed E-state index contributed by atoms with van der Waals surface area (Å²) in [5, 5.41) is 11.4. The largest absolute Gasteiger partial charge is 0.304 e. The minimum absolute atomic E-state index is 0.122. The summed E-state index contributed by atoms with van der Waals surface area (Å²) in [7, 11) is 2.08. The van der Waals surface area contributed by atoms with Gasteiger partial charge in [-0.2, -0.15) is 5.26 Å². The Kier molecular flexibility index (Phi) is 6.26. The van der Waals surface area contributed by atoms with Crippen molar-refractivity contribution >= 4 is 5.91 Å². The van der Waals surface area contributed by atoms with Crippen LogP contribution in [0.2, 0.25) is 0 Å². The highest BCUT2D eigenvalue weighted by Gasteiger charge is 2.38. The van der Waals surface area contributed by atoms with Gasteiger partial charge in [0.1, 0.15) is 5.41 Å². The molecule has 1 saturated heterocycles. The number of carbonyl (C=O) groups is 1. The second-order valence-corrected chi connectivity index (χ2v) is 5.43. The van der Waals surface area contributed by atoms with Crippen LogP contribution in [0.15, 0.2) is 0 Å². The van der Waals surface area contributed by atoms with E-state index >= 15 is 0 Å². The summed E-state index contributed by atoms with van der Waals surface area (Å²) in [5.41, 5.74) is 2.09. The molecule has 1 rings (SSSR count). The number of amides is 1. The van der Waals surface area contributed by atoms with Gasteiger partial charge in [-0.15, -0.1) is 0 Å². The molecule has 1 N–H and O–H groups in total. The number of likely N-dealkylation sites (N-methyl/N-ethyl adjacent to an activating group) is 1. The molecule has 0 aliphatic carbocycles. The number of hydrogen-bond donors (Lipinski definition) is 1. The number of nitrogens with zero attached hydrogens (tertiary/aromatic N) is 3. The third-order valence-electron chi connectivity index (χ3n) is 3.77. The number of hydrogen-bond acceptors (Lipinski definition) is 4. The van der Waals surface area contributed by atoms with Crippen LogP contribution >= 0.6 is 0 Å². The molecule has 0 saturated carbocycles. The van der Waals surface area contributed by atoms with Crippen LogP contribution in [0.5, 0.6) is 0 Å². The molecule has 1 heterocycles. The van der Waals surface area contributed by atoms with Gasteiger partial charge < -0.3 is 4.90 Å². The van der Waals surface area contributed by atoms with Crippen molar-refractivity contribution in [1.29, 1.82) is 5.26 Å². The summed E-state index contributed by atoms with van der Waals surface area (Å²) < 4.78 is 0. The zero-order valence-corrected chi connectivity index (χ0v) is 12.4. The number of carbonyl (C=O) groups excluding carboxylic acids is 1. The van der Waals surface area contributed by atoms with E-state index in [1.807, 2.05) is 18.9 Å². The third kappa shape index (κ3) is 4.19. The lowest BCUT2D eigenvalue weighted by Gasteiger charge is -2.35. The number of nitriles is 1. The lowest BCUT2D eigenvalue weighted by Crippen LogP contribution is -2.55. The van der Waals surface area contributed by atoms with E-state index < -0.39 is 5.41 Å². The maximum absolute atomic E-state index is 12.4. The topological polar surface area (TPSA) is 59.4 Å². The molecule has 0 aromatic heterocycles. The first-order chi connectivity index (χ1) is 9.07. The molecule has 0 bridgehead atoms. The van der Waals surface area contributed by atoms with E-state index in [2.05, 4.69) is 23.4 Å². The Hall–Kier alpha value is -1.12. The van der Waals surface area contributed by atoms with E-state index in [0.717, 1.165) is 39.0 Å². The molecule has 5 heteroatoms. The summed E-state index contributed by atoms with van der Waals surface area (Å²) in [6.45, 7) is 7.57. The monoisotopic (exact) mass is 266 g/mol. The fourth-order valence-electron chi connectivity index (χ4n) is 2.54. The summed E-state index contributed by atoms with van der Waals surface area (Å²) in [4.78, 5) is 14.7. The zero-order valence-electron chi connectivity index (χ0n) is 12.4. The van der Waals surface area contributed by atoms with Crippen LogP contribution in [-0.4, -0.2) is 49.0 Å². The average Bonchev–Trinajstić information content (AvgIpc) is 2.41. The van der Waals surface area contributed by atoms with Gasteiger partial charge in [0, 0.05) is 26.2 Å². The van der Waals surface area contributed by atoms with E-state index in [1.54, 1.807) is 0 Å². The molecule has 1 aliphatic rings. The highest BCUT2D eigenvalue weighted by atomic mass is 16.2. The average molecular weight is 266 g/mol. The van der Waals surface area contributed by atoms with Crippen molar-refractivity contribution in [1.82, 2.24) is 15.3 Å². The molecular weight excluding hydrogens is 240 g/mol. The minimum atomic E-state index is -0.854. The molecule has 1 amide bonds. The summed E-state index contributed by atoms with van der Waals surface area (Å²) in [5.74, 6) is -0.122. The molecule has 0 atom stereocenters. The van der Waals surface area contributed by atoms with Crippen LogP contribution in [0.4, 0.5) is 0 Å². The molecule has 1 aliphatic heterocycles. The SMILES string of the molecule is CCCC(C#N)(CCC)C(=O)NN1CCN(C)CC1. The molecule has 0 radical (unpaired) electrons. The Morgan fingerprint density at radius 1 is 1.21 bits per heavy atom. The van der Waals surface area contributed by atoms with E-state index in [-0.39, 0.29) is 5.91 Å². The number of hydrazine groups is 1. The van der Waals surface area contributed by atoms with Crippen LogP contribution in [0, 0.1) is 16.7 Å². The smallest absolute Gasteiger partial charge is 0.254 e. The lowest BCUT2D eigenvalue weighted by atomic mass is 9.80. The van der Waals surface area contributed by atoms with Gasteiger partial charge in [-0.05, 0) is 19.9 Å². The van der Waals surface area contributed by atoms with Gasteiger partial charge in [-0.25, -0.2) is 5.01 Å². The highest BCUT2D eigenvalue weighted by molar-refractivity contribution is 5.85. The number of nitrogens with one attached hydrogen (secondary N) is 1. The molecule has 19 heavy (non-hydrogen) atoms. The fraction of sp³-hybridized carbons (Fsp3) is 0.857. The summed E-state index contributed by atoms with van der Waals surface area (Å²) in [6.07, 6.45) is 2.97. The van der Waals surface area contributed by atoms with Crippen LogP contribution < -0.4 is 5.43 Å². The molecule has 5 nitrogen and oxygen atoms in total. The number of rotatable bonds is 6. The minimum Gasteiger partial charge on any atom is -0.304 e. The standard InChI is InChI=1S/C14H26N4O/c1-4-6-14(12-15,7-5-2)13(19)16-18-10-8-17(3)9-11-18/h4-11H2,1-3H3,(H,16,19). The normalized spacial score (nSPS) is 18.0. The summed E-state index contributed by atoms with van der Waals surface area (Å²) >= 11 is 0.